The minimum absolute atomic E-state index is 0.0396. The molecule has 0 bridgehead atoms. The van der Waals surface area contributed by atoms with Crippen molar-refractivity contribution in [3.05, 3.63) is 48.3 Å². The molecule has 1 amide bonds. The lowest BCUT2D eigenvalue weighted by atomic mass is 10.1. The maximum atomic E-state index is 13.0. The number of pyridine rings is 1. The number of ether oxygens (including phenoxy) is 2. The summed E-state index contributed by atoms with van der Waals surface area (Å²) in [5.74, 6) is 1.39. The second-order valence-electron chi connectivity index (χ2n) is 6.84. The summed E-state index contributed by atoms with van der Waals surface area (Å²) in [4.78, 5) is 21.2. The number of amides is 1. The molecule has 28 heavy (non-hydrogen) atoms. The first-order chi connectivity index (χ1) is 13.7. The molecule has 1 saturated heterocycles. The summed E-state index contributed by atoms with van der Waals surface area (Å²) in [5.41, 5.74) is 1.79. The highest BCUT2D eigenvalue weighted by Crippen LogP contribution is 2.29. The fourth-order valence-corrected chi connectivity index (χ4v) is 3.20. The molecule has 0 spiro atoms. The predicted molar refractivity (Wildman–Crippen MR) is 110 cm³/mol. The van der Waals surface area contributed by atoms with Gasteiger partial charge in [-0.25, -0.2) is 0 Å². The SMILES string of the molecule is CCCOc1ccc(C(=O)N2CCN(c3ccncc3)CC2)cc1OCCC. The second kappa shape index (κ2) is 9.97. The van der Waals surface area contributed by atoms with Crippen LogP contribution in [0.4, 0.5) is 5.69 Å². The standard InChI is InChI=1S/C22H29N3O3/c1-3-15-27-20-6-5-18(17-21(20)28-16-4-2)22(26)25-13-11-24(12-14-25)19-7-9-23-10-8-19/h5-10,17H,3-4,11-16H2,1-2H3. The number of carbonyl (C=O) groups excluding carboxylic acids is 1. The maximum absolute atomic E-state index is 13.0. The number of piperazine rings is 1. The quantitative estimate of drug-likeness (QED) is 0.697. The Hall–Kier alpha value is -2.76. The van der Waals surface area contributed by atoms with Crippen molar-refractivity contribution in [1.29, 1.82) is 0 Å². The van der Waals surface area contributed by atoms with Gasteiger partial charge in [0, 0.05) is 49.8 Å². The highest BCUT2D eigenvalue weighted by Gasteiger charge is 2.23. The molecule has 0 aliphatic carbocycles. The first-order valence-electron chi connectivity index (χ1n) is 10.1. The number of hydrogen-bond donors (Lipinski definition) is 0. The largest absolute Gasteiger partial charge is 0.490 e. The van der Waals surface area contributed by atoms with E-state index in [1.807, 2.05) is 35.2 Å². The van der Waals surface area contributed by atoms with Crippen LogP contribution in [0, 0.1) is 0 Å². The van der Waals surface area contributed by atoms with E-state index >= 15 is 0 Å². The summed E-state index contributed by atoms with van der Waals surface area (Å²) in [7, 11) is 0. The van der Waals surface area contributed by atoms with Crippen LogP contribution in [0.15, 0.2) is 42.7 Å². The molecular weight excluding hydrogens is 354 g/mol. The lowest BCUT2D eigenvalue weighted by molar-refractivity contribution is 0.0746. The molecule has 1 fully saturated rings. The van der Waals surface area contributed by atoms with Crippen LogP contribution in [-0.4, -0.2) is 55.2 Å². The third kappa shape index (κ3) is 4.94. The van der Waals surface area contributed by atoms with Gasteiger partial charge in [0.2, 0.25) is 0 Å². The van der Waals surface area contributed by atoms with Gasteiger partial charge in [-0.3, -0.25) is 9.78 Å². The van der Waals surface area contributed by atoms with Gasteiger partial charge < -0.3 is 19.3 Å². The third-order valence-corrected chi connectivity index (χ3v) is 4.71. The highest BCUT2D eigenvalue weighted by molar-refractivity contribution is 5.95. The van der Waals surface area contributed by atoms with Crippen LogP contribution >= 0.6 is 0 Å². The molecule has 1 aromatic heterocycles. The monoisotopic (exact) mass is 383 g/mol. The summed E-state index contributed by atoms with van der Waals surface area (Å²) < 4.78 is 11.6. The number of benzene rings is 1. The molecule has 6 heteroatoms. The van der Waals surface area contributed by atoms with Crippen molar-refractivity contribution in [3.63, 3.8) is 0 Å². The van der Waals surface area contributed by atoms with Crippen molar-refractivity contribution in [2.45, 2.75) is 26.7 Å². The fraction of sp³-hybridized carbons (Fsp3) is 0.455. The normalized spacial score (nSPS) is 14.1. The Morgan fingerprint density at radius 3 is 2.21 bits per heavy atom. The molecule has 1 aliphatic rings. The first-order valence-corrected chi connectivity index (χ1v) is 10.1. The van der Waals surface area contributed by atoms with E-state index in [9.17, 15) is 4.79 Å². The molecule has 1 aromatic carbocycles. The van der Waals surface area contributed by atoms with Crippen LogP contribution in [0.5, 0.6) is 11.5 Å². The molecule has 0 atom stereocenters. The van der Waals surface area contributed by atoms with Crippen molar-refractivity contribution < 1.29 is 14.3 Å². The Morgan fingerprint density at radius 1 is 0.929 bits per heavy atom. The molecule has 3 rings (SSSR count). The van der Waals surface area contributed by atoms with Crippen molar-refractivity contribution in [3.8, 4) is 11.5 Å². The third-order valence-electron chi connectivity index (χ3n) is 4.71. The minimum atomic E-state index is 0.0396. The number of anilines is 1. The minimum Gasteiger partial charge on any atom is -0.490 e. The van der Waals surface area contributed by atoms with Crippen LogP contribution in [-0.2, 0) is 0 Å². The van der Waals surface area contributed by atoms with E-state index < -0.39 is 0 Å². The molecule has 2 heterocycles. The van der Waals surface area contributed by atoms with Gasteiger partial charge in [-0.15, -0.1) is 0 Å². The van der Waals surface area contributed by atoms with E-state index in [0.717, 1.165) is 31.6 Å². The Balaban J connectivity index is 1.66. The predicted octanol–water partition coefficient (Wildman–Crippen LogP) is 3.62. The zero-order chi connectivity index (χ0) is 19.8. The van der Waals surface area contributed by atoms with E-state index in [2.05, 4.69) is 23.7 Å². The molecule has 150 valence electrons. The summed E-state index contributed by atoms with van der Waals surface area (Å²) in [5, 5.41) is 0. The van der Waals surface area contributed by atoms with Crippen molar-refractivity contribution in [1.82, 2.24) is 9.88 Å². The van der Waals surface area contributed by atoms with Crippen LogP contribution in [0.2, 0.25) is 0 Å². The average Bonchev–Trinajstić information content (AvgIpc) is 2.76. The van der Waals surface area contributed by atoms with E-state index in [0.29, 0.717) is 43.4 Å². The highest BCUT2D eigenvalue weighted by atomic mass is 16.5. The summed E-state index contributed by atoms with van der Waals surface area (Å²) in [6.45, 7) is 8.37. The second-order valence-corrected chi connectivity index (χ2v) is 6.84. The molecule has 1 aliphatic heterocycles. The summed E-state index contributed by atoms with van der Waals surface area (Å²) in [6.07, 6.45) is 5.43. The van der Waals surface area contributed by atoms with Gasteiger partial charge in [-0.2, -0.15) is 0 Å². The Bertz CT molecular complexity index is 759. The summed E-state index contributed by atoms with van der Waals surface area (Å²) >= 11 is 0. The molecule has 2 aromatic rings. The average molecular weight is 383 g/mol. The van der Waals surface area contributed by atoms with E-state index in [-0.39, 0.29) is 5.91 Å². The number of rotatable bonds is 8. The van der Waals surface area contributed by atoms with Gasteiger partial charge in [0.25, 0.3) is 5.91 Å². The molecule has 6 nitrogen and oxygen atoms in total. The zero-order valence-electron chi connectivity index (χ0n) is 16.8. The molecule has 0 saturated carbocycles. The smallest absolute Gasteiger partial charge is 0.254 e. The lowest BCUT2D eigenvalue weighted by Gasteiger charge is -2.36. The number of carbonyl (C=O) groups is 1. The van der Waals surface area contributed by atoms with E-state index in [1.54, 1.807) is 12.4 Å². The van der Waals surface area contributed by atoms with Crippen LogP contribution < -0.4 is 14.4 Å². The molecule has 0 N–H and O–H groups in total. The maximum Gasteiger partial charge on any atom is 0.254 e. The van der Waals surface area contributed by atoms with Gasteiger partial charge in [0.15, 0.2) is 11.5 Å². The van der Waals surface area contributed by atoms with Gasteiger partial charge in [0.1, 0.15) is 0 Å². The molecular formula is C22H29N3O3. The topological polar surface area (TPSA) is 54.9 Å². The Morgan fingerprint density at radius 2 is 1.57 bits per heavy atom. The van der Waals surface area contributed by atoms with Crippen LogP contribution in [0.25, 0.3) is 0 Å². The van der Waals surface area contributed by atoms with Crippen molar-refractivity contribution in [2.24, 2.45) is 0 Å². The molecule has 0 unspecified atom stereocenters. The first kappa shape index (κ1) is 20.0. The van der Waals surface area contributed by atoms with Crippen molar-refractivity contribution in [2.75, 3.05) is 44.3 Å². The fourth-order valence-electron chi connectivity index (χ4n) is 3.20. The van der Waals surface area contributed by atoms with Gasteiger partial charge in [-0.1, -0.05) is 13.8 Å². The van der Waals surface area contributed by atoms with E-state index in [1.165, 1.54) is 0 Å². The number of hydrogen-bond acceptors (Lipinski definition) is 5. The van der Waals surface area contributed by atoms with Crippen molar-refractivity contribution >= 4 is 11.6 Å². The Kier molecular flexibility index (Phi) is 7.12. The van der Waals surface area contributed by atoms with E-state index in [4.69, 9.17) is 9.47 Å². The zero-order valence-corrected chi connectivity index (χ0v) is 16.8. The number of nitrogens with zero attached hydrogens (tertiary/aromatic N) is 3. The van der Waals surface area contributed by atoms with Gasteiger partial charge in [0.05, 0.1) is 13.2 Å². The van der Waals surface area contributed by atoms with Crippen LogP contribution in [0.1, 0.15) is 37.0 Å². The van der Waals surface area contributed by atoms with Gasteiger partial charge >= 0.3 is 0 Å². The van der Waals surface area contributed by atoms with Crippen LogP contribution in [0.3, 0.4) is 0 Å². The van der Waals surface area contributed by atoms with Gasteiger partial charge in [-0.05, 0) is 43.2 Å². The lowest BCUT2D eigenvalue weighted by Crippen LogP contribution is -2.48. The Labute approximate surface area is 167 Å². The number of aromatic nitrogens is 1. The molecule has 0 radical (unpaired) electrons. The summed E-state index contributed by atoms with van der Waals surface area (Å²) in [6, 6.07) is 9.51.